The summed E-state index contributed by atoms with van der Waals surface area (Å²) in [6.07, 6.45) is 0.303. The van der Waals surface area contributed by atoms with Crippen molar-refractivity contribution in [2.75, 3.05) is 32.8 Å². The molecule has 11 heteroatoms. The highest BCUT2D eigenvalue weighted by Crippen LogP contribution is 2.57. The number of hydrogen-bond donors (Lipinski definition) is 1. The molecule has 5 atom stereocenters. The summed E-state index contributed by atoms with van der Waals surface area (Å²) in [5.41, 5.74) is 0.352. The van der Waals surface area contributed by atoms with Crippen LogP contribution in [0.5, 0.6) is 0 Å². The van der Waals surface area contributed by atoms with Crippen molar-refractivity contribution in [1.29, 1.82) is 0 Å². The second-order valence-electron chi connectivity index (χ2n) is 16.3. The van der Waals surface area contributed by atoms with Crippen LogP contribution in [0.1, 0.15) is 65.5 Å². The van der Waals surface area contributed by atoms with Crippen LogP contribution in [0.15, 0.2) is 72.8 Å². The molecule has 2 aliphatic heterocycles. The number of aliphatic hydroxyl groups is 1. The Morgan fingerprint density at radius 2 is 1.20 bits per heavy atom. The van der Waals surface area contributed by atoms with Crippen molar-refractivity contribution in [1.82, 2.24) is 9.80 Å². The van der Waals surface area contributed by atoms with E-state index in [0.717, 1.165) is 16.7 Å². The van der Waals surface area contributed by atoms with Crippen LogP contribution in [0, 0.1) is 28.6 Å². The molecule has 51 heavy (non-hydrogen) atoms. The van der Waals surface area contributed by atoms with Crippen molar-refractivity contribution in [2.45, 2.75) is 78.8 Å². The minimum atomic E-state index is -0.716. The number of carbonyl (C=O) groups is 4. The summed E-state index contributed by atoms with van der Waals surface area (Å²) in [6.45, 7) is 17.0. The first-order chi connectivity index (χ1) is 24.0. The van der Waals surface area contributed by atoms with Crippen LogP contribution in [0.4, 0.5) is 9.59 Å². The number of amides is 2. The molecular weight excluding hydrogens is 652 g/mol. The van der Waals surface area contributed by atoms with Gasteiger partial charge in [0.1, 0.15) is 24.4 Å². The predicted octanol–water partition coefficient (Wildman–Crippen LogP) is 6.14. The zero-order valence-corrected chi connectivity index (χ0v) is 30.7. The van der Waals surface area contributed by atoms with Crippen molar-refractivity contribution in [3.63, 3.8) is 0 Å². The van der Waals surface area contributed by atoms with Crippen molar-refractivity contribution < 1.29 is 43.2 Å². The minimum absolute atomic E-state index is 0.0160. The molecule has 2 saturated carbocycles. The Balaban J connectivity index is 0.000000198. The topological polar surface area (TPSA) is 132 Å². The first kappa shape index (κ1) is 37.9. The number of nitrogens with zero attached hydrogens (tertiary/aromatic N) is 2. The van der Waals surface area contributed by atoms with Crippen LogP contribution in [-0.2, 0) is 41.8 Å². The lowest BCUT2D eigenvalue weighted by molar-refractivity contribution is -0.182. The minimum Gasteiger partial charge on any atom is -0.459 e. The van der Waals surface area contributed by atoms with Crippen LogP contribution in [0.25, 0.3) is 0 Å². The number of hydrogen-bond acceptors (Lipinski definition) is 9. The zero-order valence-electron chi connectivity index (χ0n) is 30.7. The van der Waals surface area contributed by atoms with Crippen molar-refractivity contribution in [3.05, 3.63) is 83.9 Å². The third-order valence-electron chi connectivity index (χ3n) is 10.1. The van der Waals surface area contributed by atoms with E-state index in [1.807, 2.05) is 102 Å². The highest BCUT2D eigenvalue weighted by molar-refractivity contribution is 5.84. The summed E-state index contributed by atoms with van der Waals surface area (Å²) in [5, 5.41) is 9.55. The fourth-order valence-corrected chi connectivity index (χ4v) is 7.64. The second kappa shape index (κ2) is 14.7. The molecule has 2 aliphatic carbocycles. The predicted molar refractivity (Wildman–Crippen MR) is 189 cm³/mol. The third-order valence-corrected chi connectivity index (χ3v) is 10.1. The SMILES string of the molecule is C=C1C[C@@]2(C(=O)OC(C)(C)C)CN(C(=O)OCc3ccccc3)C[C@@H]12.CC(C)(C)OC(=O)[C@@]12CC(CO)[C@@H]1CN(C(=O)OCc1ccccc1)C2. The Morgan fingerprint density at radius 1 is 0.745 bits per heavy atom. The molecule has 1 N–H and O–H groups in total. The molecule has 2 saturated heterocycles. The average Bonchev–Trinajstić information content (AvgIpc) is 3.55. The Morgan fingerprint density at radius 3 is 1.65 bits per heavy atom. The first-order valence-electron chi connectivity index (χ1n) is 17.6. The summed E-state index contributed by atoms with van der Waals surface area (Å²) >= 11 is 0. The van der Waals surface area contributed by atoms with Crippen molar-refractivity contribution in [3.8, 4) is 0 Å². The Kier molecular flexibility index (Phi) is 10.9. The molecule has 0 aromatic heterocycles. The van der Waals surface area contributed by atoms with Crippen molar-refractivity contribution in [2.24, 2.45) is 28.6 Å². The van der Waals surface area contributed by atoms with Crippen LogP contribution >= 0.6 is 0 Å². The summed E-state index contributed by atoms with van der Waals surface area (Å²) < 4.78 is 22.0. The van der Waals surface area contributed by atoms with Crippen LogP contribution in [-0.4, -0.2) is 83.0 Å². The molecule has 11 nitrogen and oxygen atoms in total. The number of aliphatic hydroxyl groups excluding tert-OH is 1. The van der Waals surface area contributed by atoms with E-state index in [0.29, 0.717) is 32.5 Å². The number of rotatable bonds is 7. The van der Waals surface area contributed by atoms with E-state index in [1.54, 1.807) is 9.80 Å². The van der Waals surface area contributed by atoms with E-state index in [4.69, 9.17) is 18.9 Å². The van der Waals surface area contributed by atoms with Gasteiger partial charge in [-0.1, -0.05) is 72.8 Å². The molecule has 0 radical (unpaired) electrons. The third kappa shape index (κ3) is 8.41. The molecule has 0 spiro atoms. The molecule has 2 heterocycles. The van der Waals surface area contributed by atoms with Gasteiger partial charge < -0.3 is 33.9 Å². The monoisotopic (exact) mass is 704 g/mol. The number of fused-ring (bicyclic) bond motifs is 2. The first-order valence-corrected chi connectivity index (χ1v) is 17.6. The van der Waals surface area contributed by atoms with Gasteiger partial charge in [-0.25, -0.2) is 9.59 Å². The number of carbonyl (C=O) groups excluding carboxylic acids is 4. The molecule has 4 aliphatic rings. The molecule has 2 amide bonds. The maximum absolute atomic E-state index is 12.8. The number of esters is 2. The maximum atomic E-state index is 12.8. The van der Waals surface area contributed by atoms with E-state index in [2.05, 4.69) is 6.58 Å². The van der Waals surface area contributed by atoms with Gasteiger partial charge in [0.05, 0.1) is 10.8 Å². The van der Waals surface area contributed by atoms with Crippen LogP contribution < -0.4 is 0 Å². The van der Waals surface area contributed by atoms with E-state index < -0.39 is 34.2 Å². The smallest absolute Gasteiger partial charge is 0.410 e. The van der Waals surface area contributed by atoms with E-state index in [-0.39, 0.29) is 56.1 Å². The molecule has 0 bridgehead atoms. The highest BCUT2D eigenvalue weighted by Gasteiger charge is 2.65. The normalized spacial score (nSPS) is 26.3. The quantitative estimate of drug-likeness (QED) is 0.205. The fraction of sp³-hybridized carbons (Fsp3) is 0.550. The Labute approximate surface area is 300 Å². The van der Waals surface area contributed by atoms with E-state index in [9.17, 15) is 24.3 Å². The van der Waals surface area contributed by atoms with Gasteiger partial charge in [0.2, 0.25) is 0 Å². The van der Waals surface area contributed by atoms with Gasteiger partial charge in [-0.2, -0.15) is 0 Å². The van der Waals surface area contributed by atoms with Gasteiger partial charge >= 0.3 is 24.1 Å². The molecular formula is C40H52N2O9. The maximum Gasteiger partial charge on any atom is 0.410 e. The number of likely N-dealkylation sites (tertiary alicyclic amines) is 2. The van der Waals surface area contributed by atoms with E-state index >= 15 is 0 Å². The molecule has 2 aromatic rings. The van der Waals surface area contributed by atoms with Gasteiger partial charge in [0.25, 0.3) is 0 Å². The van der Waals surface area contributed by atoms with Crippen LogP contribution in [0.2, 0.25) is 0 Å². The number of ether oxygens (including phenoxy) is 4. The molecule has 6 rings (SSSR count). The van der Waals surface area contributed by atoms with Crippen molar-refractivity contribution >= 4 is 24.1 Å². The largest absolute Gasteiger partial charge is 0.459 e. The lowest BCUT2D eigenvalue weighted by Crippen LogP contribution is -2.55. The lowest BCUT2D eigenvalue weighted by Gasteiger charge is -2.48. The zero-order chi connectivity index (χ0) is 37.2. The highest BCUT2D eigenvalue weighted by atomic mass is 16.6. The van der Waals surface area contributed by atoms with Gasteiger partial charge in [-0.05, 0) is 77.3 Å². The van der Waals surface area contributed by atoms with Gasteiger partial charge in [-0.15, -0.1) is 0 Å². The van der Waals surface area contributed by atoms with Gasteiger partial charge in [0, 0.05) is 38.7 Å². The van der Waals surface area contributed by atoms with E-state index in [1.165, 1.54) is 0 Å². The summed E-state index contributed by atoms with van der Waals surface area (Å²) in [6, 6.07) is 19.0. The Hall–Kier alpha value is -4.38. The number of benzene rings is 2. The fourth-order valence-electron chi connectivity index (χ4n) is 7.64. The molecule has 4 fully saturated rings. The summed E-state index contributed by atoms with van der Waals surface area (Å²) in [4.78, 5) is 53.5. The van der Waals surface area contributed by atoms with Gasteiger partial charge in [-0.3, -0.25) is 9.59 Å². The molecule has 1 unspecified atom stereocenters. The van der Waals surface area contributed by atoms with Gasteiger partial charge in [0.15, 0.2) is 0 Å². The summed E-state index contributed by atoms with van der Waals surface area (Å²) in [7, 11) is 0. The molecule has 2 aromatic carbocycles. The molecule has 276 valence electrons. The average molecular weight is 705 g/mol. The lowest BCUT2D eigenvalue weighted by atomic mass is 9.55. The summed E-state index contributed by atoms with van der Waals surface area (Å²) in [5.74, 6) is -0.610. The second-order valence-corrected chi connectivity index (χ2v) is 16.3. The van der Waals surface area contributed by atoms with Crippen LogP contribution in [0.3, 0.4) is 0 Å². The standard InChI is InChI=1S/C20H27NO5.C20H25NO4/c1-19(2,3)26-17(23)20-9-15(11-22)16(20)10-21(13-20)18(24)25-12-14-7-5-4-6-8-14;1-14-10-20(17(22)25-19(2,3)4)13-21(11-16(14)20)18(23)24-12-15-8-6-5-7-9-15/h4-8,15-16,22H,9-13H2,1-3H3;5-9,16H,1,10-13H2,2-4H3/t15?,16-,20+;16-,20+/m00/s1. The Bertz CT molecular complexity index is 1600.